The minimum absolute atomic E-state index is 0.0997. The maximum atomic E-state index is 12.3. The smallest absolute Gasteiger partial charge is 0.296 e. The normalized spacial score (nSPS) is 10.1. The molecule has 0 unspecified atom stereocenters. The van der Waals surface area contributed by atoms with Crippen LogP contribution in [0.4, 0.5) is 11.4 Å². The van der Waals surface area contributed by atoms with Crippen molar-refractivity contribution in [3.05, 3.63) is 63.7 Å². The van der Waals surface area contributed by atoms with Gasteiger partial charge in [-0.3, -0.25) is 14.9 Å². The van der Waals surface area contributed by atoms with Crippen LogP contribution in [0, 0.1) is 10.1 Å². The molecule has 22 heavy (non-hydrogen) atoms. The van der Waals surface area contributed by atoms with Gasteiger partial charge < -0.3 is 15.8 Å². The number of benzene rings is 2. The Kier molecular flexibility index (Phi) is 4.70. The molecular formula is C15H15N3O4. The summed E-state index contributed by atoms with van der Waals surface area (Å²) in [6, 6.07) is 11.1. The lowest BCUT2D eigenvalue weighted by atomic mass is 10.1. The predicted octanol–water partition coefficient (Wildman–Crippen LogP) is 2.31. The summed E-state index contributed by atoms with van der Waals surface area (Å²) in [6.45, 7) is 0.203. The molecule has 0 aliphatic rings. The van der Waals surface area contributed by atoms with Gasteiger partial charge in [0, 0.05) is 12.1 Å². The maximum Gasteiger partial charge on any atom is 0.296 e. The highest BCUT2D eigenvalue weighted by atomic mass is 16.6. The average Bonchev–Trinajstić information content (AvgIpc) is 2.54. The highest BCUT2D eigenvalue weighted by Crippen LogP contribution is 2.29. The van der Waals surface area contributed by atoms with Gasteiger partial charge in [0.05, 0.1) is 18.1 Å². The van der Waals surface area contributed by atoms with Crippen molar-refractivity contribution < 1.29 is 14.5 Å². The first-order valence-corrected chi connectivity index (χ1v) is 6.48. The second kappa shape index (κ2) is 6.68. The number of rotatable bonds is 5. The Labute approximate surface area is 126 Å². The summed E-state index contributed by atoms with van der Waals surface area (Å²) in [5, 5.41) is 13.7. The number of hydrogen-bond donors (Lipinski definition) is 2. The van der Waals surface area contributed by atoms with Crippen LogP contribution in [0.1, 0.15) is 15.9 Å². The Morgan fingerprint density at radius 3 is 2.68 bits per heavy atom. The zero-order valence-corrected chi connectivity index (χ0v) is 11.9. The Bertz CT molecular complexity index is 716. The number of anilines is 1. The SMILES string of the molecule is COc1ccc(NC(=O)c2ccccc2CN)c([N+](=O)[O-])c1. The van der Waals surface area contributed by atoms with E-state index in [0.717, 1.165) is 0 Å². The molecule has 0 fully saturated rings. The van der Waals surface area contributed by atoms with E-state index >= 15 is 0 Å². The summed E-state index contributed by atoms with van der Waals surface area (Å²) in [7, 11) is 1.41. The molecule has 0 saturated carbocycles. The molecule has 0 bridgehead atoms. The fraction of sp³-hybridized carbons (Fsp3) is 0.133. The van der Waals surface area contributed by atoms with Crippen LogP contribution in [0.2, 0.25) is 0 Å². The third-order valence-corrected chi connectivity index (χ3v) is 3.13. The quantitative estimate of drug-likeness (QED) is 0.651. The Morgan fingerprint density at radius 2 is 2.05 bits per heavy atom. The molecular weight excluding hydrogens is 286 g/mol. The lowest BCUT2D eigenvalue weighted by Crippen LogP contribution is -2.16. The molecule has 0 aromatic heterocycles. The Morgan fingerprint density at radius 1 is 1.32 bits per heavy atom. The van der Waals surface area contributed by atoms with E-state index in [1.165, 1.54) is 25.3 Å². The first-order chi connectivity index (χ1) is 10.6. The number of nitrogens with two attached hydrogens (primary N) is 1. The van der Waals surface area contributed by atoms with Crippen LogP contribution >= 0.6 is 0 Å². The molecule has 7 heteroatoms. The first-order valence-electron chi connectivity index (χ1n) is 6.48. The van der Waals surface area contributed by atoms with Gasteiger partial charge in [0.1, 0.15) is 11.4 Å². The van der Waals surface area contributed by atoms with E-state index in [1.807, 2.05) is 0 Å². The van der Waals surface area contributed by atoms with Crippen LogP contribution < -0.4 is 15.8 Å². The van der Waals surface area contributed by atoms with Crippen molar-refractivity contribution >= 4 is 17.3 Å². The second-order valence-corrected chi connectivity index (χ2v) is 4.46. The molecule has 0 heterocycles. The summed E-state index contributed by atoms with van der Waals surface area (Å²) in [5.41, 5.74) is 6.50. The number of nitrogens with one attached hydrogen (secondary N) is 1. The van der Waals surface area contributed by atoms with Gasteiger partial charge >= 0.3 is 0 Å². The van der Waals surface area contributed by atoms with Gasteiger partial charge in [-0.15, -0.1) is 0 Å². The fourth-order valence-corrected chi connectivity index (χ4v) is 2.00. The molecule has 2 aromatic rings. The lowest BCUT2D eigenvalue weighted by molar-refractivity contribution is -0.384. The molecule has 2 rings (SSSR count). The van der Waals surface area contributed by atoms with Gasteiger partial charge in [0.15, 0.2) is 0 Å². The van der Waals surface area contributed by atoms with E-state index in [4.69, 9.17) is 10.5 Å². The monoisotopic (exact) mass is 301 g/mol. The van der Waals surface area contributed by atoms with Gasteiger partial charge in [0.2, 0.25) is 0 Å². The molecule has 2 aromatic carbocycles. The Balaban J connectivity index is 2.34. The zero-order valence-electron chi connectivity index (χ0n) is 11.9. The summed E-state index contributed by atoms with van der Waals surface area (Å²) >= 11 is 0. The molecule has 114 valence electrons. The van der Waals surface area contributed by atoms with Crippen molar-refractivity contribution in [3.8, 4) is 5.75 Å². The van der Waals surface area contributed by atoms with Crippen LogP contribution in [0.3, 0.4) is 0 Å². The van der Waals surface area contributed by atoms with Gasteiger partial charge in [-0.25, -0.2) is 0 Å². The number of carbonyl (C=O) groups excluding carboxylic acids is 1. The number of nitro benzene ring substituents is 1. The van der Waals surface area contributed by atoms with E-state index < -0.39 is 10.8 Å². The molecule has 7 nitrogen and oxygen atoms in total. The molecule has 1 amide bonds. The van der Waals surface area contributed by atoms with Crippen LogP contribution in [-0.2, 0) is 6.54 Å². The zero-order chi connectivity index (χ0) is 16.1. The fourth-order valence-electron chi connectivity index (χ4n) is 2.00. The van der Waals surface area contributed by atoms with Crippen LogP contribution in [0.25, 0.3) is 0 Å². The third kappa shape index (κ3) is 3.21. The molecule has 0 aliphatic carbocycles. The van der Waals surface area contributed by atoms with Gasteiger partial charge in [-0.05, 0) is 23.8 Å². The van der Waals surface area contributed by atoms with Gasteiger partial charge in [-0.1, -0.05) is 18.2 Å². The molecule has 0 atom stereocenters. The van der Waals surface area contributed by atoms with Gasteiger partial charge in [0.25, 0.3) is 11.6 Å². The van der Waals surface area contributed by atoms with E-state index in [1.54, 1.807) is 24.3 Å². The van der Waals surface area contributed by atoms with Crippen molar-refractivity contribution in [3.63, 3.8) is 0 Å². The molecule has 0 aliphatic heterocycles. The van der Waals surface area contributed by atoms with Crippen LogP contribution in [0.5, 0.6) is 5.75 Å². The standard InChI is InChI=1S/C15H15N3O4/c1-22-11-6-7-13(14(8-11)18(20)21)17-15(19)12-5-3-2-4-10(12)9-16/h2-8H,9,16H2,1H3,(H,17,19). The number of nitrogens with zero attached hydrogens (tertiary/aromatic N) is 1. The van der Waals surface area contributed by atoms with E-state index in [0.29, 0.717) is 16.9 Å². The van der Waals surface area contributed by atoms with E-state index in [-0.39, 0.29) is 17.9 Å². The minimum atomic E-state index is -0.576. The average molecular weight is 301 g/mol. The minimum Gasteiger partial charge on any atom is -0.496 e. The summed E-state index contributed by atoms with van der Waals surface area (Å²) in [4.78, 5) is 22.8. The number of hydrogen-bond acceptors (Lipinski definition) is 5. The van der Waals surface area contributed by atoms with Gasteiger partial charge in [-0.2, -0.15) is 0 Å². The van der Waals surface area contributed by atoms with Crippen molar-refractivity contribution in [1.82, 2.24) is 0 Å². The molecule has 0 spiro atoms. The van der Waals surface area contributed by atoms with E-state index in [9.17, 15) is 14.9 Å². The van der Waals surface area contributed by atoms with Crippen LogP contribution in [-0.4, -0.2) is 17.9 Å². The largest absolute Gasteiger partial charge is 0.496 e. The lowest BCUT2D eigenvalue weighted by Gasteiger charge is -2.10. The topological polar surface area (TPSA) is 107 Å². The van der Waals surface area contributed by atoms with Crippen molar-refractivity contribution in [2.75, 3.05) is 12.4 Å². The number of methoxy groups -OCH3 is 1. The first kappa shape index (κ1) is 15.5. The summed E-state index contributed by atoms with van der Waals surface area (Å²) < 4.78 is 4.95. The van der Waals surface area contributed by atoms with Crippen molar-refractivity contribution in [1.29, 1.82) is 0 Å². The highest BCUT2D eigenvalue weighted by molar-refractivity contribution is 6.06. The third-order valence-electron chi connectivity index (χ3n) is 3.13. The van der Waals surface area contributed by atoms with Crippen LogP contribution in [0.15, 0.2) is 42.5 Å². The second-order valence-electron chi connectivity index (χ2n) is 4.46. The molecule has 3 N–H and O–H groups in total. The number of amides is 1. The molecule has 0 saturated heterocycles. The molecule has 0 radical (unpaired) electrons. The number of nitro groups is 1. The summed E-state index contributed by atoms with van der Waals surface area (Å²) in [5.74, 6) is -0.110. The predicted molar refractivity (Wildman–Crippen MR) is 81.9 cm³/mol. The van der Waals surface area contributed by atoms with E-state index in [2.05, 4.69) is 5.32 Å². The highest BCUT2D eigenvalue weighted by Gasteiger charge is 2.18. The van der Waals surface area contributed by atoms with Crippen molar-refractivity contribution in [2.24, 2.45) is 5.73 Å². The number of carbonyl (C=O) groups is 1. The Hall–Kier alpha value is -2.93. The number of ether oxygens (including phenoxy) is 1. The van der Waals surface area contributed by atoms with Crippen molar-refractivity contribution in [2.45, 2.75) is 6.54 Å². The maximum absolute atomic E-state index is 12.3. The summed E-state index contributed by atoms with van der Waals surface area (Å²) in [6.07, 6.45) is 0.